The van der Waals surface area contributed by atoms with Gasteiger partial charge < -0.3 is 0 Å². The molecule has 0 aliphatic heterocycles. The molecule has 0 saturated heterocycles. The number of rotatable bonds is 2. The molecule has 0 spiro atoms. The molecule has 0 heterocycles. The topological polar surface area (TPSA) is 0 Å². The normalized spacial score (nSPS) is 8.57. The minimum absolute atomic E-state index is 0. The summed E-state index contributed by atoms with van der Waals surface area (Å²) in [6.45, 7) is 6.74. The average molecular weight is 159 g/mol. The fourth-order valence-electron chi connectivity index (χ4n) is 0.289. The number of hydrogen-bond donors (Lipinski definition) is 0. The van der Waals surface area contributed by atoms with Crippen molar-refractivity contribution in [3.8, 4) is 0 Å². The SMILES string of the molecule is CCC(C)CC.[GaH3]. The van der Waals surface area contributed by atoms with Crippen LogP contribution in [0.4, 0.5) is 0 Å². The van der Waals surface area contributed by atoms with Crippen molar-refractivity contribution in [1.82, 2.24) is 0 Å². The Kier molecular flexibility index (Phi) is 10.0. The van der Waals surface area contributed by atoms with Gasteiger partial charge in [-0.3, -0.25) is 0 Å². The van der Waals surface area contributed by atoms with Crippen LogP contribution < -0.4 is 0 Å². The first-order chi connectivity index (χ1) is 2.81. The van der Waals surface area contributed by atoms with E-state index in [1.54, 1.807) is 0 Å². The van der Waals surface area contributed by atoms with Gasteiger partial charge in [0.25, 0.3) is 0 Å². The van der Waals surface area contributed by atoms with Gasteiger partial charge >= 0.3 is 19.8 Å². The first-order valence-corrected chi connectivity index (χ1v) is 2.81. The van der Waals surface area contributed by atoms with Crippen LogP contribution >= 0.6 is 0 Å². The van der Waals surface area contributed by atoms with Crippen LogP contribution in [-0.4, -0.2) is 19.8 Å². The first-order valence-electron chi connectivity index (χ1n) is 2.81. The van der Waals surface area contributed by atoms with Gasteiger partial charge in [0.2, 0.25) is 0 Å². The fraction of sp³-hybridized carbons (Fsp3) is 1.00. The van der Waals surface area contributed by atoms with Crippen LogP contribution in [0.3, 0.4) is 0 Å². The molecule has 0 atom stereocenters. The average Bonchev–Trinajstić information content (AvgIpc) is 1.65. The van der Waals surface area contributed by atoms with Gasteiger partial charge in [-0.05, 0) is 5.92 Å². The summed E-state index contributed by atoms with van der Waals surface area (Å²) in [5.74, 6) is 0.935. The molecule has 0 bridgehead atoms. The first kappa shape index (κ1) is 10.6. The van der Waals surface area contributed by atoms with Crippen molar-refractivity contribution in [2.45, 2.75) is 33.6 Å². The zero-order chi connectivity index (χ0) is 4.99. The molecule has 0 radical (unpaired) electrons. The van der Waals surface area contributed by atoms with Crippen LogP contribution in [0.15, 0.2) is 0 Å². The number of hydrogen-bond acceptors (Lipinski definition) is 0. The van der Waals surface area contributed by atoms with Gasteiger partial charge in [0.15, 0.2) is 0 Å². The molecule has 0 aliphatic carbocycles. The van der Waals surface area contributed by atoms with E-state index in [-0.39, 0.29) is 19.8 Å². The van der Waals surface area contributed by atoms with E-state index in [1.807, 2.05) is 0 Å². The van der Waals surface area contributed by atoms with Gasteiger partial charge in [-0.15, -0.1) is 0 Å². The summed E-state index contributed by atoms with van der Waals surface area (Å²) in [7, 11) is 0. The zero-order valence-corrected chi connectivity index (χ0v) is 4.99. The van der Waals surface area contributed by atoms with E-state index in [1.165, 1.54) is 12.8 Å². The summed E-state index contributed by atoms with van der Waals surface area (Å²) < 4.78 is 0. The molecule has 0 aliphatic rings. The molecule has 0 aromatic heterocycles. The third-order valence-corrected chi connectivity index (χ3v) is 1.39. The van der Waals surface area contributed by atoms with Gasteiger partial charge in [0.1, 0.15) is 0 Å². The van der Waals surface area contributed by atoms with E-state index in [0.29, 0.717) is 0 Å². The molecule has 0 N–H and O–H groups in total. The summed E-state index contributed by atoms with van der Waals surface area (Å²) in [4.78, 5) is 0. The predicted molar refractivity (Wildman–Crippen MR) is 39.7 cm³/mol. The summed E-state index contributed by atoms with van der Waals surface area (Å²) in [5, 5.41) is 0. The monoisotopic (exact) mass is 158 g/mol. The van der Waals surface area contributed by atoms with Gasteiger partial charge in [0, 0.05) is 0 Å². The van der Waals surface area contributed by atoms with Crippen LogP contribution in [-0.2, 0) is 0 Å². The van der Waals surface area contributed by atoms with Crippen LogP contribution in [0.25, 0.3) is 0 Å². The Morgan fingerprint density at radius 2 is 1.43 bits per heavy atom. The van der Waals surface area contributed by atoms with Crippen LogP contribution in [0, 0.1) is 5.92 Å². The van der Waals surface area contributed by atoms with E-state index in [0.717, 1.165) is 5.92 Å². The maximum atomic E-state index is 2.28. The molecular formula is C6H17Ga. The molecule has 0 rings (SSSR count). The Hall–Kier alpha value is 0.636. The zero-order valence-electron chi connectivity index (χ0n) is 4.99. The quantitative estimate of drug-likeness (QED) is 0.532. The Morgan fingerprint density at radius 3 is 1.43 bits per heavy atom. The second kappa shape index (κ2) is 6.64. The maximum absolute atomic E-state index is 2.28. The van der Waals surface area contributed by atoms with E-state index in [9.17, 15) is 0 Å². The molecular weight excluding hydrogens is 142 g/mol. The Morgan fingerprint density at radius 1 is 1.14 bits per heavy atom. The Bertz CT molecular complexity index is 23.4. The van der Waals surface area contributed by atoms with Crippen molar-refractivity contribution in [1.29, 1.82) is 0 Å². The third kappa shape index (κ3) is 6.64. The van der Waals surface area contributed by atoms with Crippen LogP contribution in [0.2, 0.25) is 0 Å². The van der Waals surface area contributed by atoms with Crippen LogP contribution in [0.1, 0.15) is 33.6 Å². The Labute approximate surface area is 59.7 Å². The van der Waals surface area contributed by atoms with Crippen LogP contribution in [0.5, 0.6) is 0 Å². The van der Waals surface area contributed by atoms with Crippen molar-refractivity contribution < 1.29 is 0 Å². The van der Waals surface area contributed by atoms with Gasteiger partial charge in [-0.2, -0.15) is 0 Å². The van der Waals surface area contributed by atoms with E-state index < -0.39 is 0 Å². The second-order valence-corrected chi connectivity index (χ2v) is 1.92. The Balaban J connectivity index is 0. The van der Waals surface area contributed by atoms with E-state index >= 15 is 0 Å². The summed E-state index contributed by atoms with van der Waals surface area (Å²) >= 11 is 0. The summed E-state index contributed by atoms with van der Waals surface area (Å²) in [5.41, 5.74) is 0. The van der Waals surface area contributed by atoms with Gasteiger partial charge in [0.05, 0.1) is 0 Å². The molecule has 44 valence electrons. The molecule has 0 nitrogen and oxygen atoms in total. The summed E-state index contributed by atoms with van der Waals surface area (Å²) in [6.07, 6.45) is 2.66. The van der Waals surface area contributed by atoms with Gasteiger partial charge in [-0.25, -0.2) is 0 Å². The summed E-state index contributed by atoms with van der Waals surface area (Å²) in [6, 6.07) is 0. The molecule has 0 aromatic carbocycles. The van der Waals surface area contributed by atoms with Crippen molar-refractivity contribution in [2.24, 2.45) is 5.92 Å². The molecule has 0 aromatic rings. The third-order valence-electron chi connectivity index (χ3n) is 1.39. The fourth-order valence-corrected chi connectivity index (χ4v) is 0.289. The molecule has 0 unspecified atom stereocenters. The molecule has 1 heteroatoms. The molecule has 0 amide bonds. The molecule has 7 heavy (non-hydrogen) atoms. The van der Waals surface area contributed by atoms with Gasteiger partial charge in [-0.1, -0.05) is 33.6 Å². The molecule has 0 fully saturated rings. The standard InChI is InChI=1S/C6H14.Ga.3H/c1-4-6(3)5-2;;;;/h6H,4-5H2,1-3H3;;;;. The van der Waals surface area contributed by atoms with E-state index in [2.05, 4.69) is 20.8 Å². The van der Waals surface area contributed by atoms with E-state index in [4.69, 9.17) is 0 Å². The predicted octanol–water partition coefficient (Wildman–Crippen LogP) is 1.26. The second-order valence-electron chi connectivity index (χ2n) is 1.92. The van der Waals surface area contributed by atoms with Crippen molar-refractivity contribution in [3.05, 3.63) is 0 Å². The van der Waals surface area contributed by atoms with Crippen molar-refractivity contribution in [2.75, 3.05) is 0 Å². The van der Waals surface area contributed by atoms with Crippen molar-refractivity contribution in [3.63, 3.8) is 0 Å². The van der Waals surface area contributed by atoms with Crippen molar-refractivity contribution >= 4 is 19.8 Å². The minimum atomic E-state index is 0. The molecule has 0 saturated carbocycles.